The van der Waals surface area contributed by atoms with Gasteiger partial charge in [0.1, 0.15) is 12.6 Å². The molecule has 0 fully saturated rings. The molecule has 0 bridgehead atoms. The number of carbonyl (C=O) groups excluding carboxylic acids is 3. The molecule has 0 saturated carbocycles. The van der Waals surface area contributed by atoms with Crippen molar-refractivity contribution in [3.05, 3.63) is 143 Å². The Morgan fingerprint density at radius 3 is 2.00 bits per heavy atom. The predicted octanol–water partition coefficient (Wildman–Crippen LogP) is 4.61. The molecule has 0 aromatic heterocycles. The van der Waals surface area contributed by atoms with Crippen LogP contribution in [0, 0.1) is 5.41 Å². The van der Waals surface area contributed by atoms with Crippen molar-refractivity contribution < 1.29 is 29.3 Å². The third kappa shape index (κ3) is 9.56. The molecule has 10 heteroatoms. The molecule has 4 atom stereocenters. The number of ether oxygens (including phenoxy) is 1. The lowest BCUT2D eigenvalue weighted by atomic mass is 9.86. The van der Waals surface area contributed by atoms with E-state index >= 15 is 0 Å². The summed E-state index contributed by atoms with van der Waals surface area (Å²) in [6.07, 6.45) is -1.31. The largest absolute Gasteiger partial charge is 0.445 e. The molecule has 4 aromatic rings. The number of aliphatic hydroxyl groups is 2. The zero-order valence-electron chi connectivity index (χ0n) is 28.7. The van der Waals surface area contributed by atoms with Gasteiger partial charge in [0.05, 0.1) is 18.7 Å². The molecule has 0 saturated heterocycles. The number of fused-ring (bicyclic) bond motifs is 1. The van der Waals surface area contributed by atoms with Crippen LogP contribution in [0.15, 0.2) is 115 Å². The lowest BCUT2D eigenvalue weighted by Crippen LogP contribution is -2.62. The van der Waals surface area contributed by atoms with Crippen LogP contribution < -0.4 is 16.1 Å². The summed E-state index contributed by atoms with van der Waals surface area (Å²) in [5.41, 5.74) is 4.16. The molecular formula is C40H46N4O6. The summed E-state index contributed by atoms with van der Waals surface area (Å²) >= 11 is 0. The maximum Gasteiger partial charge on any atom is 0.408 e. The van der Waals surface area contributed by atoms with Crippen molar-refractivity contribution in [3.63, 3.8) is 0 Å². The third-order valence-corrected chi connectivity index (χ3v) is 8.79. The second-order valence-electron chi connectivity index (χ2n) is 13.9. The second-order valence-corrected chi connectivity index (χ2v) is 13.9. The zero-order valence-corrected chi connectivity index (χ0v) is 28.7. The fourth-order valence-electron chi connectivity index (χ4n) is 6.20. The Kier molecular flexibility index (Phi) is 11.7. The van der Waals surface area contributed by atoms with Gasteiger partial charge in [-0.2, -0.15) is 0 Å². The summed E-state index contributed by atoms with van der Waals surface area (Å²) in [6, 6.07) is 33.5. The van der Waals surface area contributed by atoms with Crippen LogP contribution >= 0.6 is 0 Å². The van der Waals surface area contributed by atoms with Gasteiger partial charge in [0.2, 0.25) is 0 Å². The first kappa shape index (κ1) is 36.3. The lowest BCUT2D eigenvalue weighted by Gasteiger charge is -2.37. The first-order valence-electron chi connectivity index (χ1n) is 16.8. The standard InChI is InChI=1S/C40H46N4O6/c1-39(2,3)35(42-38(48)50-26-30-19-11-6-12-20-30)36(46)43-44(25-29-17-9-5-10-18-29)27-40(49,24-28-15-7-4-8-16-28)37(47)41-34-32-22-14-13-21-31(32)23-33(34)45/h4-22,33-35,45,49H,23-27H2,1-3H3,(H,41,47)(H,42,48)(H,43,46)/t33-,34?,35-,40+/m1/s1. The van der Waals surface area contributed by atoms with Gasteiger partial charge in [-0.05, 0) is 33.2 Å². The van der Waals surface area contributed by atoms with Gasteiger partial charge in [-0.1, -0.05) is 136 Å². The van der Waals surface area contributed by atoms with E-state index in [1.165, 1.54) is 5.01 Å². The molecule has 0 spiro atoms. The third-order valence-electron chi connectivity index (χ3n) is 8.79. The van der Waals surface area contributed by atoms with E-state index < -0.39 is 47.1 Å². The highest BCUT2D eigenvalue weighted by Crippen LogP contribution is 2.32. The Hall–Kier alpha value is -5.03. The minimum absolute atomic E-state index is 0.0348. The Bertz CT molecular complexity index is 1730. The monoisotopic (exact) mass is 678 g/mol. The van der Waals surface area contributed by atoms with Gasteiger partial charge >= 0.3 is 6.09 Å². The molecule has 0 heterocycles. The summed E-state index contributed by atoms with van der Waals surface area (Å²) in [7, 11) is 0. The summed E-state index contributed by atoms with van der Waals surface area (Å²) in [6.45, 7) is 5.32. The average Bonchev–Trinajstić information content (AvgIpc) is 3.41. The molecule has 4 aromatic carbocycles. The summed E-state index contributed by atoms with van der Waals surface area (Å²) in [5, 5.41) is 30.4. The van der Waals surface area contributed by atoms with E-state index in [1.807, 2.05) is 136 Å². The number of aliphatic hydroxyl groups excluding tert-OH is 1. The van der Waals surface area contributed by atoms with Gasteiger partial charge in [-0.25, -0.2) is 9.80 Å². The molecular weight excluding hydrogens is 632 g/mol. The van der Waals surface area contributed by atoms with Gasteiger partial charge in [0.15, 0.2) is 5.60 Å². The van der Waals surface area contributed by atoms with E-state index in [0.717, 1.165) is 22.3 Å². The van der Waals surface area contributed by atoms with Crippen LogP contribution in [0.25, 0.3) is 0 Å². The number of nitrogens with zero attached hydrogens (tertiary/aromatic N) is 1. The van der Waals surface area contributed by atoms with Crippen molar-refractivity contribution in [2.75, 3.05) is 6.54 Å². The van der Waals surface area contributed by atoms with Gasteiger partial charge in [0.25, 0.3) is 11.8 Å². The quantitative estimate of drug-likeness (QED) is 0.130. The molecule has 3 amide bonds. The van der Waals surface area contributed by atoms with Crippen molar-refractivity contribution in [2.24, 2.45) is 5.41 Å². The smallest absolute Gasteiger partial charge is 0.408 e. The number of hydrogen-bond acceptors (Lipinski definition) is 7. The van der Waals surface area contributed by atoms with Crippen LogP contribution in [0.3, 0.4) is 0 Å². The molecule has 0 aliphatic heterocycles. The van der Waals surface area contributed by atoms with Crippen LogP contribution in [0.4, 0.5) is 4.79 Å². The predicted molar refractivity (Wildman–Crippen MR) is 190 cm³/mol. The molecule has 1 aliphatic rings. The van der Waals surface area contributed by atoms with Crippen LogP contribution in [0.5, 0.6) is 0 Å². The number of hydrogen-bond donors (Lipinski definition) is 5. The number of alkyl carbamates (subject to hydrolysis) is 1. The summed E-state index contributed by atoms with van der Waals surface area (Å²) in [5.74, 6) is -1.24. The fourth-order valence-corrected chi connectivity index (χ4v) is 6.20. The highest BCUT2D eigenvalue weighted by Gasteiger charge is 2.43. The Labute approximate surface area is 293 Å². The minimum atomic E-state index is -2.06. The maximum atomic E-state index is 14.2. The molecule has 5 rings (SSSR count). The molecule has 1 aliphatic carbocycles. The van der Waals surface area contributed by atoms with E-state index in [1.54, 1.807) is 0 Å². The number of carbonyl (C=O) groups is 3. The number of nitrogens with one attached hydrogen (secondary N) is 3. The normalized spacial score (nSPS) is 17.2. The van der Waals surface area contributed by atoms with Gasteiger partial charge in [-0.3, -0.25) is 15.0 Å². The summed E-state index contributed by atoms with van der Waals surface area (Å²) < 4.78 is 5.42. The first-order valence-corrected chi connectivity index (χ1v) is 16.8. The molecule has 262 valence electrons. The SMILES string of the molecule is CC(C)(C)[C@H](NC(=O)OCc1ccccc1)C(=O)NN(Cc1ccccc1)C[C@@](O)(Cc1ccccc1)C(=O)NC1c2ccccc2C[C@H]1O. The van der Waals surface area contributed by atoms with Crippen molar-refractivity contribution in [1.29, 1.82) is 0 Å². The lowest BCUT2D eigenvalue weighted by molar-refractivity contribution is -0.147. The molecule has 0 radical (unpaired) electrons. The van der Waals surface area contributed by atoms with Crippen LogP contribution in [-0.4, -0.2) is 57.4 Å². The Balaban J connectivity index is 1.40. The highest BCUT2D eigenvalue weighted by molar-refractivity contribution is 5.87. The van der Waals surface area contributed by atoms with E-state index in [4.69, 9.17) is 4.74 Å². The van der Waals surface area contributed by atoms with E-state index in [0.29, 0.717) is 12.0 Å². The van der Waals surface area contributed by atoms with Gasteiger partial charge in [-0.15, -0.1) is 0 Å². The topological polar surface area (TPSA) is 140 Å². The van der Waals surface area contributed by atoms with Gasteiger partial charge in [0, 0.05) is 19.4 Å². The second kappa shape index (κ2) is 16.1. The Morgan fingerprint density at radius 2 is 1.38 bits per heavy atom. The van der Waals surface area contributed by atoms with Crippen molar-refractivity contribution in [1.82, 2.24) is 21.1 Å². The first-order chi connectivity index (χ1) is 23.9. The highest BCUT2D eigenvalue weighted by atomic mass is 16.5. The summed E-state index contributed by atoms with van der Waals surface area (Å²) in [4.78, 5) is 41.1. The fraction of sp³-hybridized carbons (Fsp3) is 0.325. The molecule has 1 unspecified atom stereocenters. The van der Waals surface area contributed by atoms with Gasteiger partial charge < -0.3 is 25.6 Å². The van der Waals surface area contributed by atoms with Crippen LogP contribution in [-0.2, 0) is 40.3 Å². The van der Waals surface area contributed by atoms with Crippen LogP contribution in [0.2, 0.25) is 0 Å². The van der Waals surface area contributed by atoms with Crippen molar-refractivity contribution in [3.8, 4) is 0 Å². The number of benzene rings is 4. The van der Waals surface area contributed by atoms with Crippen LogP contribution in [0.1, 0.15) is 54.6 Å². The molecule has 10 nitrogen and oxygen atoms in total. The Morgan fingerprint density at radius 1 is 0.820 bits per heavy atom. The van der Waals surface area contributed by atoms with E-state index in [-0.39, 0.29) is 26.1 Å². The average molecular weight is 679 g/mol. The minimum Gasteiger partial charge on any atom is -0.445 e. The number of hydrazine groups is 1. The molecule has 5 N–H and O–H groups in total. The number of rotatable bonds is 13. The van der Waals surface area contributed by atoms with Crippen molar-refractivity contribution in [2.45, 2.75) is 70.6 Å². The number of amides is 3. The van der Waals surface area contributed by atoms with E-state index in [9.17, 15) is 24.6 Å². The van der Waals surface area contributed by atoms with Crippen molar-refractivity contribution >= 4 is 17.9 Å². The zero-order chi connectivity index (χ0) is 35.7. The molecule has 50 heavy (non-hydrogen) atoms. The maximum absolute atomic E-state index is 14.2. The van der Waals surface area contributed by atoms with E-state index in [2.05, 4.69) is 16.1 Å².